The third-order valence-electron chi connectivity index (χ3n) is 7.95. The maximum Gasteiger partial charge on any atom is 0.359 e. The third-order valence-corrected chi connectivity index (χ3v) is 7.95. The fourth-order valence-corrected chi connectivity index (χ4v) is 5.33. The van der Waals surface area contributed by atoms with Crippen LogP contribution in [0.5, 0.6) is 17.4 Å². The van der Waals surface area contributed by atoms with Crippen LogP contribution in [0.3, 0.4) is 0 Å². The van der Waals surface area contributed by atoms with Gasteiger partial charge in [-0.05, 0) is 42.3 Å². The number of rotatable bonds is 14. The number of carbonyl (C=O) groups excluding carboxylic acids is 3. The minimum Gasteiger partial charge on any atom is -0.871 e. The van der Waals surface area contributed by atoms with Crippen LogP contribution in [0.4, 0.5) is 0 Å². The van der Waals surface area contributed by atoms with E-state index in [9.17, 15) is 24.6 Å². The second-order valence-corrected chi connectivity index (χ2v) is 11.1. The Balaban J connectivity index is 1.52. The first-order chi connectivity index (χ1) is 22.6. The first-order valence-electron chi connectivity index (χ1n) is 15.6. The van der Waals surface area contributed by atoms with Gasteiger partial charge in [-0.3, -0.25) is 4.79 Å². The lowest BCUT2D eigenvalue weighted by Gasteiger charge is -2.32. The lowest BCUT2D eigenvalue weighted by Crippen LogP contribution is -2.31. The molecule has 47 heavy (non-hydrogen) atoms. The number of ketones is 1. The Kier molecular flexibility index (Phi) is 11.4. The van der Waals surface area contributed by atoms with Gasteiger partial charge in [-0.2, -0.15) is 5.10 Å². The van der Waals surface area contributed by atoms with Crippen LogP contribution in [-0.4, -0.2) is 83.4 Å². The summed E-state index contributed by atoms with van der Waals surface area (Å²) in [5.41, 5.74) is 1.36. The lowest BCUT2D eigenvalue weighted by atomic mass is 9.78. The standard InChI is InChI=1S/C35H41N3O9/c1-7-9-15-38(16-10-8-2)22-11-13-24(21(3)19-22)27-31(39)29(32(27)40)28-30(36-37(4)33(28)41)35(43)47-18-17-46-34(42)25-20-23(44-5)12-14-26(25)45-6/h11-14,19-20H,7-10,15-18H2,1-6H3,(H,39,40). The van der Waals surface area contributed by atoms with Crippen molar-refractivity contribution in [3.05, 3.63) is 75.7 Å². The van der Waals surface area contributed by atoms with E-state index in [1.165, 1.54) is 27.3 Å². The Hall–Kier alpha value is -5.13. The second-order valence-electron chi connectivity index (χ2n) is 11.1. The molecule has 0 saturated heterocycles. The molecule has 1 heterocycles. The number of Topliss-reactive ketones (excluding diaryl/α,β-unsaturated/α-hetero) is 1. The molecule has 12 heteroatoms. The Bertz CT molecular complexity index is 1710. The largest absolute Gasteiger partial charge is 0.871 e. The van der Waals surface area contributed by atoms with E-state index in [1.807, 2.05) is 19.1 Å². The summed E-state index contributed by atoms with van der Waals surface area (Å²) in [5.74, 6) is -2.76. The van der Waals surface area contributed by atoms with Gasteiger partial charge in [0.1, 0.15) is 43.4 Å². The van der Waals surface area contributed by atoms with E-state index in [0.29, 0.717) is 11.3 Å². The van der Waals surface area contributed by atoms with Gasteiger partial charge in [-0.1, -0.05) is 32.4 Å². The summed E-state index contributed by atoms with van der Waals surface area (Å²) in [6.45, 7) is 7.31. The Morgan fingerprint density at radius 2 is 1.64 bits per heavy atom. The number of hydrogen-bond donors (Lipinski definition) is 1. The molecule has 0 atom stereocenters. The van der Waals surface area contributed by atoms with Crippen LogP contribution >= 0.6 is 0 Å². The highest BCUT2D eigenvalue weighted by Crippen LogP contribution is 2.43. The summed E-state index contributed by atoms with van der Waals surface area (Å²) in [4.78, 5) is 39.1. The van der Waals surface area contributed by atoms with Gasteiger partial charge in [0, 0.05) is 43.2 Å². The van der Waals surface area contributed by atoms with Gasteiger partial charge in [0.2, 0.25) is 5.88 Å². The zero-order valence-electron chi connectivity index (χ0n) is 27.7. The first kappa shape index (κ1) is 34.7. The number of methoxy groups -OCH3 is 2. The molecule has 1 aromatic heterocycles. The van der Waals surface area contributed by atoms with Gasteiger partial charge in [0.05, 0.1) is 19.8 Å². The molecule has 2 aliphatic carbocycles. The Labute approximate surface area is 273 Å². The van der Waals surface area contributed by atoms with Crippen LogP contribution < -0.4 is 14.6 Å². The summed E-state index contributed by atoms with van der Waals surface area (Å²) in [6, 6.07) is 4.64. The highest BCUT2D eigenvalue weighted by atomic mass is 16.6. The van der Waals surface area contributed by atoms with Gasteiger partial charge >= 0.3 is 11.9 Å². The molecular weight excluding hydrogens is 606 g/mol. The van der Waals surface area contributed by atoms with Gasteiger partial charge in [-0.15, -0.1) is 0 Å². The van der Waals surface area contributed by atoms with E-state index in [-0.39, 0.29) is 41.2 Å². The van der Waals surface area contributed by atoms with E-state index >= 15 is 0 Å². The number of esters is 2. The van der Waals surface area contributed by atoms with Gasteiger partial charge < -0.3 is 29.2 Å². The summed E-state index contributed by atoms with van der Waals surface area (Å²) in [5, 5.41) is 28.2. The number of nitrogens with zero attached hydrogens (tertiary/aromatic N) is 3. The normalized spacial score (nSPS) is 15.7. The molecule has 0 aliphatic heterocycles. The van der Waals surface area contributed by atoms with Crippen LogP contribution in [0.1, 0.15) is 72.9 Å². The average Bonchev–Trinajstić information content (AvgIpc) is 3.36. The maximum atomic E-state index is 13.4. The summed E-state index contributed by atoms with van der Waals surface area (Å²) in [7, 11) is 4.23. The zero-order chi connectivity index (χ0) is 34.2. The predicted molar refractivity (Wildman–Crippen MR) is 172 cm³/mol. The SMILES string of the molecule is CCCC[N+](CCCC)=C1C=C/C(=C2\C(=O)C(c3c(C(=O)OCCOC(=O)c4cc(OC)ccc4OC)nn(C)c3O)=C2[O-])C(C)=C1. The molecule has 2 aromatic rings. The molecular formula is C35H41N3O9. The molecule has 0 saturated carbocycles. The van der Waals surface area contributed by atoms with Crippen LogP contribution in [-0.2, 0) is 21.3 Å². The second kappa shape index (κ2) is 15.4. The average molecular weight is 648 g/mol. The van der Waals surface area contributed by atoms with Gasteiger partial charge in [0.25, 0.3) is 0 Å². The first-order valence-corrected chi connectivity index (χ1v) is 15.6. The number of allylic oxidation sites excluding steroid dienone is 7. The highest BCUT2D eigenvalue weighted by molar-refractivity contribution is 6.40. The molecule has 2 aliphatic rings. The molecule has 250 valence electrons. The van der Waals surface area contributed by atoms with Crippen molar-refractivity contribution in [3.8, 4) is 17.4 Å². The number of aromatic hydroxyl groups is 1. The number of aromatic nitrogens is 2. The molecule has 0 unspecified atom stereocenters. The predicted octanol–water partition coefficient (Wildman–Crippen LogP) is 3.68. The fraction of sp³-hybridized carbons (Fsp3) is 0.400. The van der Waals surface area contributed by atoms with Crippen molar-refractivity contribution in [1.82, 2.24) is 9.78 Å². The Morgan fingerprint density at radius 3 is 2.21 bits per heavy atom. The lowest BCUT2D eigenvalue weighted by molar-refractivity contribution is -0.527. The van der Waals surface area contributed by atoms with Crippen molar-refractivity contribution < 1.29 is 48.1 Å². The van der Waals surface area contributed by atoms with E-state index < -0.39 is 35.1 Å². The number of benzene rings is 1. The number of carbonyl (C=O) groups is 3. The molecule has 0 spiro atoms. The fourth-order valence-electron chi connectivity index (χ4n) is 5.33. The van der Waals surface area contributed by atoms with Crippen LogP contribution in [0.25, 0.3) is 5.57 Å². The molecule has 0 fully saturated rings. The smallest absolute Gasteiger partial charge is 0.359 e. The third kappa shape index (κ3) is 7.32. The van der Waals surface area contributed by atoms with Crippen molar-refractivity contribution >= 4 is 29.0 Å². The minimum absolute atomic E-state index is 0.0137. The van der Waals surface area contributed by atoms with Crippen molar-refractivity contribution in [2.24, 2.45) is 7.05 Å². The molecule has 0 amide bonds. The minimum atomic E-state index is -1.01. The molecule has 4 rings (SSSR count). The summed E-state index contributed by atoms with van der Waals surface area (Å²) >= 11 is 0. The topological polar surface area (TPSA) is 152 Å². The van der Waals surface area contributed by atoms with Crippen LogP contribution in [0.15, 0.2) is 58.9 Å². The summed E-state index contributed by atoms with van der Waals surface area (Å²) < 4.78 is 24.1. The summed E-state index contributed by atoms with van der Waals surface area (Å²) in [6.07, 6.45) is 9.93. The molecule has 0 bridgehead atoms. The van der Waals surface area contributed by atoms with E-state index in [4.69, 9.17) is 18.9 Å². The van der Waals surface area contributed by atoms with Crippen molar-refractivity contribution in [1.29, 1.82) is 0 Å². The van der Waals surface area contributed by atoms with Gasteiger partial charge in [-0.25, -0.2) is 18.8 Å². The van der Waals surface area contributed by atoms with Crippen molar-refractivity contribution in [2.75, 3.05) is 40.5 Å². The quantitative estimate of drug-likeness (QED) is 0.139. The monoisotopic (exact) mass is 647 g/mol. The zero-order valence-corrected chi connectivity index (χ0v) is 27.7. The maximum absolute atomic E-state index is 13.4. The van der Waals surface area contributed by atoms with Crippen molar-refractivity contribution in [3.63, 3.8) is 0 Å². The number of hydrogen-bond acceptors (Lipinski definition) is 10. The number of aryl methyl sites for hydroxylation is 1. The molecule has 1 N–H and O–H groups in total. The Morgan fingerprint density at radius 1 is 0.979 bits per heavy atom. The van der Waals surface area contributed by atoms with E-state index in [0.717, 1.165) is 54.7 Å². The van der Waals surface area contributed by atoms with E-state index in [2.05, 4.69) is 23.5 Å². The highest BCUT2D eigenvalue weighted by Gasteiger charge is 2.38. The molecule has 0 radical (unpaired) electrons. The van der Waals surface area contributed by atoms with E-state index in [1.54, 1.807) is 18.2 Å². The van der Waals surface area contributed by atoms with Crippen LogP contribution in [0, 0.1) is 0 Å². The van der Waals surface area contributed by atoms with Gasteiger partial charge in [0.15, 0.2) is 17.2 Å². The van der Waals surface area contributed by atoms with Crippen molar-refractivity contribution in [2.45, 2.75) is 46.5 Å². The number of unbranched alkanes of at least 4 members (excludes halogenated alkanes) is 2. The van der Waals surface area contributed by atoms with Crippen LogP contribution in [0.2, 0.25) is 0 Å². The molecule has 12 nitrogen and oxygen atoms in total. The molecule has 1 aromatic carbocycles. The number of ether oxygens (including phenoxy) is 4.